The maximum atomic E-state index is 11.8. The van der Waals surface area contributed by atoms with Crippen LogP contribution in [0.2, 0.25) is 0 Å². The lowest BCUT2D eigenvalue weighted by Crippen LogP contribution is -2.23. The summed E-state index contributed by atoms with van der Waals surface area (Å²) in [6.45, 7) is 5.71. The number of nitrogens with one attached hydrogen (secondary N) is 2. The lowest BCUT2D eigenvalue weighted by Gasteiger charge is -2.21. The van der Waals surface area contributed by atoms with Gasteiger partial charge in [0.1, 0.15) is 5.76 Å². The van der Waals surface area contributed by atoms with Gasteiger partial charge >= 0.3 is 11.9 Å². The molecular formula is C22H24N4O4. The molecule has 0 aliphatic rings. The van der Waals surface area contributed by atoms with Crippen molar-refractivity contribution in [2.24, 2.45) is 0 Å². The second-order valence-corrected chi connectivity index (χ2v) is 6.95. The molecule has 0 aliphatic carbocycles. The fourth-order valence-electron chi connectivity index (χ4n) is 3.29. The van der Waals surface area contributed by atoms with Crippen molar-refractivity contribution in [2.45, 2.75) is 39.7 Å². The average Bonchev–Trinajstić information content (AvgIpc) is 3.07. The first-order chi connectivity index (χ1) is 14.4. The van der Waals surface area contributed by atoms with Crippen LogP contribution in [0, 0.1) is 13.8 Å². The van der Waals surface area contributed by atoms with Crippen molar-refractivity contribution in [1.82, 2.24) is 10.1 Å². The third-order valence-electron chi connectivity index (χ3n) is 4.72. The zero-order chi connectivity index (χ0) is 21.7. The van der Waals surface area contributed by atoms with Gasteiger partial charge in [0.15, 0.2) is 5.82 Å². The number of carboxylic acid groups (broad SMARTS) is 1. The molecule has 0 aliphatic heterocycles. The predicted octanol–water partition coefficient (Wildman–Crippen LogP) is 4.33. The van der Waals surface area contributed by atoms with Gasteiger partial charge in [-0.2, -0.15) is 0 Å². The van der Waals surface area contributed by atoms with E-state index in [0.717, 1.165) is 24.0 Å². The second kappa shape index (κ2) is 9.21. The number of carboxylic acids is 1. The Kier molecular flexibility index (Phi) is 6.46. The highest BCUT2D eigenvalue weighted by molar-refractivity contribution is 6.36. The molecule has 0 bridgehead atoms. The summed E-state index contributed by atoms with van der Waals surface area (Å²) in [5.41, 5.74) is 3.43. The Morgan fingerprint density at radius 1 is 1.13 bits per heavy atom. The number of pyridine rings is 1. The molecule has 8 nitrogen and oxygen atoms in total. The maximum Gasteiger partial charge on any atom is 0.394 e. The van der Waals surface area contributed by atoms with Gasteiger partial charge in [-0.25, -0.2) is 9.78 Å². The normalized spacial score (nSPS) is 11.7. The van der Waals surface area contributed by atoms with Crippen LogP contribution in [0.5, 0.6) is 0 Å². The molecule has 0 spiro atoms. The number of hydrogen-bond acceptors (Lipinski definition) is 6. The standard InChI is InChI=1S/C22H24N4O4/c1-4-8-16(15-9-6-5-7-10-15)23-20-18(25-21(27)22(28)29)12-11-17(24-20)19-13(2)26-30-14(19)3/h5-7,9-12,16H,4,8H2,1-3H3,(H,23,24)(H,25,27)(H,28,29)/t16-/m0/s1. The molecule has 3 N–H and O–H groups in total. The van der Waals surface area contributed by atoms with E-state index in [1.807, 2.05) is 37.3 Å². The number of carbonyl (C=O) groups excluding carboxylic acids is 1. The smallest absolute Gasteiger partial charge is 0.394 e. The van der Waals surface area contributed by atoms with Crippen LogP contribution in [0.1, 0.15) is 42.8 Å². The van der Waals surface area contributed by atoms with Crippen molar-refractivity contribution in [3.63, 3.8) is 0 Å². The fourth-order valence-corrected chi connectivity index (χ4v) is 3.29. The Bertz CT molecular complexity index is 1030. The third kappa shape index (κ3) is 4.65. The molecule has 2 aromatic heterocycles. The quantitative estimate of drug-likeness (QED) is 0.498. The highest BCUT2D eigenvalue weighted by Crippen LogP contribution is 2.32. The van der Waals surface area contributed by atoms with Crippen LogP contribution in [0.25, 0.3) is 11.3 Å². The summed E-state index contributed by atoms with van der Waals surface area (Å²) >= 11 is 0. The molecule has 0 saturated carbocycles. The minimum Gasteiger partial charge on any atom is -0.474 e. The lowest BCUT2D eigenvalue weighted by atomic mass is 10.0. The first kappa shape index (κ1) is 21.0. The molecule has 3 rings (SSSR count). The molecule has 1 amide bonds. The zero-order valence-electron chi connectivity index (χ0n) is 17.1. The van der Waals surface area contributed by atoms with Crippen LogP contribution in [0.3, 0.4) is 0 Å². The van der Waals surface area contributed by atoms with Crippen molar-refractivity contribution in [2.75, 3.05) is 10.6 Å². The van der Waals surface area contributed by atoms with Gasteiger partial charge in [-0.3, -0.25) is 4.79 Å². The molecule has 30 heavy (non-hydrogen) atoms. The van der Waals surface area contributed by atoms with E-state index in [9.17, 15) is 9.59 Å². The first-order valence-corrected chi connectivity index (χ1v) is 9.70. The SMILES string of the molecule is CCC[C@H](Nc1nc(-c2c(C)noc2C)ccc1NC(=O)C(=O)O)c1ccccc1. The summed E-state index contributed by atoms with van der Waals surface area (Å²) in [4.78, 5) is 27.5. The molecular weight excluding hydrogens is 384 g/mol. The van der Waals surface area contributed by atoms with E-state index in [0.29, 0.717) is 23.0 Å². The number of rotatable bonds is 7. The molecule has 8 heteroatoms. The Balaban J connectivity index is 2.04. The van der Waals surface area contributed by atoms with Crippen LogP contribution in [-0.4, -0.2) is 27.1 Å². The number of benzene rings is 1. The monoisotopic (exact) mass is 408 g/mol. The number of amides is 1. The Labute approximate surface area is 174 Å². The zero-order valence-corrected chi connectivity index (χ0v) is 17.1. The van der Waals surface area contributed by atoms with Gasteiger partial charge < -0.3 is 20.3 Å². The molecule has 156 valence electrons. The van der Waals surface area contributed by atoms with Gasteiger partial charge in [-0.15, -0.1) is 0 Å². The predicted molar refractivity (Wildman–Crippen MR) is 113 cm³/mol. The highest BCUT2D eigenvalue weighted by Gasteiger charge is 2.20. The maximum absolute atomic E-state index is 11.8. The summed E-state index contributed by atoms with van der Waals surface area (Å²) in [6.07, 6.45) is 1.75. The van der Waals surface area contributed by atoms with E-state index >= 15 is 0 Å². The van der Waals surface area contributed by atoms with E-state index in [1.54, 1.807) is 19.1 Å². The van der Waals surface area contributed by atoms with Crippen LogP contribution >= 0.6 is 0 Å². The molecule has 2 heterocycles. The molecule has 1 aromatic carbocycles. The van der Waals surface area contributed by atoms with E-state index in [4.69, 9.17) is 9.63 Å². The van der Waals surface area contributed by atoms with Gasteiger partial charge in [0.05, 0.1) is 28.7 Å². The molecule has 1 atom stereocenters. The minimum atomic E-state index is -1.57. The van der Waals surface area contributed by atoms with Crippen molar-refractivity contribution >= 4 is 23.4 Å². The van der Waals surface area contributed by atoms with E-state index in [1.165, 1.54) is 0 Å². The summed E-state index contributed by atoms with van der Waals surface area (Å²) in [5.74, 6) is -1.69. The van der Waals surface area contributed by atoms with Crippen molar-refractivity contribution in [1.29, 1.82) is 0 Å². The molecule has 3 aromatic rings. The summed E-state index contributed by atoms with van der Waals surface area (Å²) < 4.78 is 5.25. The topological polar surface area (TPSA) is 117 Å². The second-order valence-electron chi connectivity index (χ2n) is 6.95. The average molecular weight is 408 g/mol. The minimum absolute atomic E-state index is 0.0656. The van der Waals surface area contributed by atoms with E-state index < -0.39 is 11.9 Å². The largest absolute Gasteiger partial charge is 0.474 e. The lowest BCUT2D eigenvalue weighted by molar-refractivity contribution is -0.147. The van der Waals surface area contributed by atoms with Gasteiger partial charge in [-0.1, -0.05) is 48.8 Å². The van der Waals surface area contributed by atoms with Crippen molar-refractivity contribution in [3.8, 4) is 11.3 Å². The van der Waals surface area contributed by atoms with Crippen molar-refractivity contribution < 1.29 is 19.2 Å². The van der Waals surface area contributed by atoms with Gasteiger partial charge in [-0.05, 0) is 38.0 Å². The summed E-state index contributed by atoms with van der Waals surface area (Å²) in [7, 11) is 0. The third-order valence-corrected chi connectivity index (χ3v) is 4.72. The summed E-state index contributed by atoms with van der Waals surface area (Å²) in [5, 5.41) is 18.7. The van der Waals surface area contributed by atoms with Gasteiger partial charge in [0.25, 0.3) is 0 Å². The molecule has 0 unspecified atom stereocenters. The molecule has 0 fully saturated rings. The number of carbonyl (C=O) groups is 2. The number of hydrogen-bond donors (Lipinski definition) is 3. The number of aliphatic carboxylic acids is 1. The molecule has 0 saturated heterocycles. The Morgan fingerprint density at radius 3 is 2.47 bits per heavy atom. The Morgan fingerprint density at radius 2 is 1.87 bits per heavy atom. The number of nitrogens with zero attached hydrogens (tertiary/aromatic N) is 2. The highest BCUT2D eigenvalue weighted by atomic mass is 16.5. The van der Waals surface area contributed by atoms with E-state index in [2.05, 4.69) is 27.7 Å². The van der Waals surface area contributed by atoms with Crippen LogP contribution in [0.15, 0.2) is 47.0 Å². The number of aryl methyl sites for hydroxylation is 2. The van der Waals surface area contributed by atoms with Gasteiger partial charge in [0, 0.05) is 0 Å². The van der Waals surface area contributed by atoms with Crippen LogP contribution in [0.4, 0.5) is 11.5 Å². The number of anilines is 2. The van der Waals surface area contributed by atoms with Crippen molar-refractivity contribution in [3.05, 3.63) is 59.5 Å². The van der Waals surface area contributed by atoms with Crippen LogP contribution in [-0.2, 0) is 9.59 Å². The first-order valence-electron chi connectivity index (χ1n) is 9.70. The van der Waals surface area contributed by atoms with E-state index in [-0.39, 0.29) is 11.7 Å². The van der Waals surface area contributed by atoms with Gasteiger partial charge in [0.2, 0.25) is 0 Å². The number of aromatic nitrogens is 2. The van der Waals surface area contributed by atoms with Crippen LogP contribution < -0.4 is 10.6 Å². The molecule has 0 radical (unpaired) electrons. The summed E-state index contributed by atoms with van der Waals surface area (Å²) in [6, 6.07) is 13.2. The Hall–Kier alpha value is -3.68. The fraction of sp³-hybridized carbons (Fsp3) is 0.273.